The van der Waals surface area contributed by atoms with E-state index in [-0.39, 0.29) is 17.6 Å². The van der Waals surface area contributed by atoms with Gasteiger partial charge in [-0.15, -0.1) is 0 Å². The first-order valence-electron chi connectivity index (χ1n) is 6.13. The highest BCUT2D eigenvalue weighted by Gasteiger charge is 2.41. The minimum Gasteiger partial charge on any atom is -0.327 e. The molecule has 0 aliphatic carbocycles. The Bertz CT molecular complexity index is 530. The second-order valence-electron chi connectivity index (χ2n) is 5.21. The van der Waals surface area contributed by atoms with E-state index < -0.39 is 0 Å². The number of amides is 1. The molecule has 1 N–H and O–H groups in total. The van der Waals surface area contributed by atoms with Crippen molar-refractivity contribution in [1.82, 2.24) is 10.2 Å². The van der Waals surface area contributed by atoms with E-state index in [9.17, 15) is 4.79 Å². The number of carbonyl (C=O) groups is 1. The number of hydrogen-bond donors (Lipinski definition) is 1. The van der Waals surface area contributed by atoms with E-state index in [1.165, 1.54) is 0 Å². The van der Waals surface area contributed by atoms with Crippen LogP contribution in [0.1, 0.15) is 19.4 Å². The molecule has 100 valence electrons. The maximum atomic E-state index is 12.1. The third kappa shape index (κ3) is 2.70. The van der Waals surface area contributed by atoms with Crippen molar-refractivity contribution in [3.8, 4) is 0 Å². The van der Waals surface area contributed by atoms with Gasteiger partial charge in [-0.1, -0.05) is 29.4 Å². The SMILES string of the molecule is CN1C(=O)[C@H](Cc2ccc(N=[N+]=[N-])cc2)NC1(C)C. The average molecular weight is 259 g/mol. The largest absolute Gasteiger partial charge is 0.327 e. The quantitative estimate of drug-likeness (QED) is 0.513. The van der Waals surface area contributed by atoms with Crippen LogP contribution in [0, 0.1) is 0 Å². The summed E-state index contributed by atoms with van der Waals surface area (Å²) in [7, 11) is 1.81. The Balaban J connectivity index is 2.10. The Morgan fingerprint density at radius 2 is 2.05 bits per heavy atom. The fraction of sp³-hybridized carbons (Fsp3) is 0.462. The van der Waals surface area contributed by atoms with Crippen LogP contribution in [0.25, 0.3) is 10.4 Å². The number of azide groups is 1. The molecule has 19 heavy (non-hydrogen) atoms. The number of carbonyl (C=O) groups excluding carboxylic acids is 1. The lowest BCUT2D eigenvalue weighted by Crippen LogP contribution is -2.45. The highest BCUT2D eigenvalue weighted by atomic mass is 16.2. The van der Waals surface area contributed by atoms with Crippen molar-refractivity contribution in [1.29, 1.82) is 0 Å². The Hall–Kier alpha value is -2.04. The lowest BCUT2D eigenvalue weighted by Gasteiger charge is -2.27. The van der Waals surface area contributed by atoms with Gasteiger partial charge in [0.25, 0.3) is 0 Å². The lowest BCUT2D eigenvalue weighted by molar-refractivity contribution is -0.129. The Kier molecular flexibility index (Phi) is 3.46. The molecule has 0 spiro atoms. The van der Waals surface area contributed by atoms with E-state index >= 15 is 0 Å². The van der Waals surface area contributed by atoms with Crippen LogP contribution in [-0.2, 0) is 11.2 Å². The van der Waals surface area contributed by atoms with Crippen LogP contribution < -0.4 is 5.32 Å². The van der Waals surface area contributed by atoms with E-state index in [2.05, 4.69) is 15.3 Å². The molecule has 0 bridgehead atoms. The predicted octanol–water partition coefficient (Wildman–Crippen LogP) is 2.34. The van der Waals surface area contributed by atoms with E-state index in [4.69, 9.17) is 5.53 Å². The van der Waals surface area contributed by atoms with Gasteiger partial charge in [0.2, 0.25) is 5.91 Å². The molecule has 1 aromatic carbocycles. The molecule has 6 nitrogen and oxygen atoms in total. The topological polar surface area (TPSA) is 81.1 Å². The lowest BCUT2D eigenvalue weighted by atomic mass is 10.1. The summed E-state index contributed by atoms with van der Waals surface area (Å²) < 4.78 is 0. The maximum Gasteiger partial charge on any atom is 0.241 e. The highest BCUT2D eigenvalue weighted by Crippen LogP contribution is 2.22. The van der Waals surface area contributed by atoms with Crippen LogP contribution >= 0.6 is 0 Å². The third-order valence-corrected chi connectivity index (χ3v) is 3.53. The molecule has 1 fully saturated rings. The van der Waals surface area contributed by atoms with Gasteiger partial charge in [0.15, 0.2) is 0 Å². The van der Waals surface area contributed by atoms with Crippen molar-refractivity contribution in [2.75, 3.05) is 7.05 Å². The number of likely N-dealkylation sites (N-methyl/N-ethyl adjacent to an activating group) is 1. The second-order valence-corrected chi connectivity index (χ2v) is 5.21. The molecule has 1 amide bonds. The summed E-state index contributed by atoms with van der Waals surface area (Å²) in [4.78, 5) is 16.6. The minimum atomic E-state index is -0.313. The van der Waals surface area contributed by atoms with Crippen LogP contribution in [0.3, 0.4) is 0 Å². The predicted molar refractivity (Wildman–Crippen MR) is 72.7 cm³/mol. The summed E-state index contributed by atoms with van der Waals surface area (Å²) in [5.41, 5.74) is 9.64. The van der Waals surface area contributed by atoms with Crippen molar-refractivity contribution < 1.29 is 4.79 Å². The van der Waals surface area contributed by atoms with E-state index in [1.54, 1.807) is 24.1 Å². The van der Waals surface area contributed by atoms with Gasteiger partial charge in [0.1, 0.15) is 0 Å². The Morgan fingerprint density at radius 1 is 1.42 bits per heavy atom. The number of benzene rings is 1. The second kappa shape index (κ2) is 4.91. The first-order chi connectivity index (χ1) is 8.94. The smallest absolute Gasteiger partial charge is 0.241 e. The van der Waals surface area contributed by atoms with Crippen LogP contribution in [0.4, 0.5) is 5.69 Å². The minimum absolute atomic E-state index is 0.101. The van der Waals surface area contributed by atoms with Gasteiger partial charge in [0.05, 0.1) is 11.7 Å². The zero-order valence-electron chi connectivity index (χ0n) is 11.3. The van der Waals surface area contributed by atoms with Gasteiger partial charge in [-0.3, -0.25) is 10.1 Å². The molecule has 1 aliphatic heterocycles. The summed E-state index contributed by atoms with van der Waals surface area (Å²) in [6.07, 6.45) is 0.628. The van der Waals surface area contributed by atoms with Gasteiger partial charge in [-0.25, -0.2) is 0 Å². The molecule has 1 heterocycles. The van der Waals surface area contributed by atoms with E-state index in [0.29, 0.717) is 12.1 Å². The van der Waals surface area contributed by atoms with Gasteiger partial charge in [0, 0.05) is 17.6 Å². The number of rotatable bonds is 3. The van der Waals surface area contributed by atoms with Crippen molar-refractivity contribution in [3.63, 3.8) is 0 Å². The molecule has 1 aromatic rings. The zero-order chi connectivity index (χ0) is 14.0. The standard InChI is InChI=1S/C13H17N5O/c1-13(2)15-11(12(19)18(13)3)8-9-4-6-10(7-5-9)16-17-14/h4-7,11,15H,8H2,1-3H3/t11-/m0/s1. The van der Waals surface area contributed by atoms with Crippen molar-refractivity contribution in [2.24, 2.45) is 5.11 Å². The molecule has 0 radical (unpaired) electrons. The van der Waals surface area contributed by atoms with Crippen molar-refractivity contribution >= 4 is 11.6 Å². The molecule has 6 heteroatoms. The maximum absolute atomic E-state index is 12.1. The molecule has 1 atom stereocenters. The average Bonchev–Trinajstić information content (AvgIpc) is 2.56. The molecule has 1 aliphatic rings. The van der Waals surface area contributed by atoms with Crippen LogP contribution in [-0.4, -0.2) is 29.6 Å². The monoisotopic (exact) mass is 259 g/mol. The molecule has 0 unspecified atom stereocenters. The van der Waals surface area contributed by atoms with Crippen LogP contribution in [0.15, 0.2) is 29.4 Å². The molecular formula is C13H17N5O. The molecule has 2 rings (SSSR count). The fourth-order valence-corrected chi connectivity index (χ4v) is 2.22. The van der Waals surface area contributed by atoms with Crippen molar-refractivity contribution in [3.05, 3.63) is 40.3 Å². The summed E-state index contributed by atoms with van der Waals surface area (Å²) in [6.45, 7) is 3.96. The van der Waals surface area contributed by atoms with E-state index in [1.807, 2.05) is 26.0 Å². The highest BCUT2D eigenvalue weighted by molar-refractivity contribution is 5.85. The molecule has 0 aromatic heterocycles. The zero-order valence-corrected chi connectivity index (χ0v) is 11.3. The number of nitrogens with zero attached hydrogens (tertiary/aromatic N) is 4. The summed E-state index contributed by atoms with van der Waals surface area (Å²) >= 11 is 0. The first kappa shape index (κ1) is 13.4. The number of nitrogens with one attached hydrogen (secondary N) is 1. The van der Waals surface area contributed by atoms with Crippen molar-refractivity contribution in [2.45, 2.75) is 32.0 Å². The Labute approximate surface area is 112 Å². The fourth-order valence-electron chi connectivity index (χ4n) is 2.22. The summed E-state index contributed by atoms with van der Waals surface area (Å²) in [5.74, 6) is 0.101. The summed E-state index contributed by atoms with van der Waals surface area (Å²) in [5, 5.41) is 6.83. The normalized spacial score (nSPS) is 21.3. The summed E-state index contributed by atoms with van der Waals surface area (Å²) in [6, 6.07) is 7.06. The van der Waals surface area contributed by atoms with Crippen LogP contribution in [0.2, 0.25) is 0 Å². The van der Waals surface area contributed by atoms with Gasteiger partial charge >= 0.3 is 0 Å². The van der Waals surface area contributed by atoms with E-state index in [0.717, 1.165) is 5.56 Å². The molecule has 1 saturated heterocycles. The van der Waals surface area contributed by atoms with Crippen LogP contribution in [0.5, 0.6) is 0 Å². The first-order valence-corrected chi connectivity index (χ1v) is 6.13. The molecular weight excluding hydrogens is 242 g/mol. The molecule has 0 saturated carbocycles. The Morgan fingerprint density at radius 3 is 2.53 bits per heavy atom. The number of hydrogen-bond acceptors (Lipinski definition) is 3. The van der Waals surface area contributed by atoms with Gasteiger partial charge in [-0.05, 0) is 31.4 Å². The van der Waals surface area contributed by atoms with Gasteiger partial charge in [-0.2, -0.15) is 0 Å². The third-order valence-electron chi connectivity index (χ3n) is 3.53. The van der Waals surface area contributed by atoms with Gasteiger partial charge < -0.3 is 4.90 Å².